The number of halogens is 1. The highest BCUT2D eigenvalue weighted by Crippen LogP contribution is 2.32. The van der Waals surface area contributed by atoms with Gasteiger partial charge in [0.15, 0.2) is 0 Å². The van der Waals surface area contributed by atoms with Gasteiger partial charge in [0, 0.05) is 28.4 Å². The van der Waals surface area contributed by atoms with Gasteiger partial charge in [-0.05, 0) is 79.8 Å². The number of nitrogens with zero attached hydrogens (tertiary/aromatic N) is 1. The lowest BCUT2D eigenvalue weighted by atomic mass is 9.97. The maximum atomic E-state index is 15.0. The van der Waals surface area contributed by atoms with E-state index < -0.39 is 33.7 Å². The van der Waals surface area contributed by atoms with E-state index >= 15 is 4.39 Å². The van der Waals surface area contributed by atoms with E-state index in [9.17, 15) is 22.8 Å². The molecule has 0 atom stereocenters. The Balaban J connectivity index is 1.29. The molecule has 1 saturated carbocycles. The average Bonchev–Trinajstić information content (AvgIpc) is 3.55. The first-order valence-electron chi connectivity index (χ1n) is 11.5. The normalized spacial score (nSPS) is 15.4. The van der Waals surface area contributed by atoms with Crippen molar-refractivity contribution < 1.29 is 27.2 Å². The van der Waals surface area contributed by atoms with Gasteiger partial charge in [0.1, 0.15) is 10.0 Å². The van der Waals surface area contributed by atoms with Gasteiger partial charge >= 0.3 is 6.03 Å². The third-order valence-corrected chi connectivity index (χ3v) is 8.90. The van der Waals surface area contributed by atoms with Gasteiger partial charge in [-0.25, -0.2) is 27.2 Å². The van der Waals surface area contributed by atoms with E-state index in [1.165, 1.54) is 31.0 Å². The fraction of sp³-hybridized carbons (Fsp3) is 0.240. The zero-order valence-electron chi connectivity index (χ0n) is 19.7. The second-order valence-electron chi connectivity index (χ2n) is 9.00. The molecule has 0 radical (unpaired) electrons. The second kappa shape index (κ2) is 9.60. The van der Waals surface area contributed by atoms with Crippen molar-refractivity contribution >= 4 is 56.3 Å². The molecular weight excluding hydrogens is 519 g/mol. The van der Waals surface area contributed by atoms with Gasteiger partial charge in [-0.3, -0.25) is 9.59 Å². The van der Waals surface area contributed by atoms with E-state index in [0.717, 1.165) is 39.4 Å². The number of sulfonamides is 1. The molecule has 9 nitrogen and oxygen atoms in total. The Morgan fingerprint density at radius 3 is 2.51 bits per heavy atom. The predicted octanol–water partition coefficient (Wildman–Crippen LogP) is 4.26. The second-order valence-corrected chi connectivity index (χ2v) is 12.2. The number of thiophene rings is 1. The molecule has 192 valence electrons. The minimum Gasteiger partial charge on any atom is -0.385 e. The van der Waals surface area contributed by atoms with Crippen LogP contribution in [0.5, 0.6) is 0 Å². The molecule has 12 heteroatoms. The van der Waals surface area contributed by atoms with Crippen molar-refractivity contribution in [3.8, 4) is 0 Å². The van der Waals surface area contributed by atoms with Gasteiger partial charge < -0.3 is 10.6 Å². The number of fused-ring (bicyclic) bond motifs is 1. The number of hydrogen-bond donors (Lipinski definition) is 3. The van der Waals surface area contributed by atoms with Gasteiger partial charge in [0.05, 0.1) is 12.1 Å². The van der Waals surface area contributed by atoms with Crippen molar-refractivity contribution in [2.24, 2.45) is 5.92 Å². The molecule has 2 heterocycles. The first-order chi connectivity index (χ1) is 17.6. The lowest BCUT2D eigenvalue weighted by molar-refractivity contribution is -0.117. The summed E-state index contributed by atoms with van der Waals surface area (Å²) in [7, 11) is -4.08. The molecule has 1 aliphatic heterocycles. The average molecular weight is 543 g/mol. The van der Waals surface area contributed by atoms with E-state index in [1.54, 1.807) is 31.2 Å². The van der Waals surface area contributed by atoms with Crippen LogP contribution in [0.3, 0.4) is 0 Å². The number of benzene rings is 2. The van der Waals surface area contributed by atoms with Crippen LogP contribution < -0.4 is 20.3 Å². The number of aryl methyl sites for hydroxylation is 1. The van der Waals surface area contributed by atoms with Crippen LogP contribution in [0.2, 0.25) is 0 Å². The number of imide groups is 1. The number of carbonyl (C=O) groups is 3. The molecule has 2 aliphatic rings. The molecule has 37 heavy (non-hydrogen) atoms. The highest BCUT2D eigenvalue weighted by molar-refractivity contribution is 7.92. The third kappa shape index (κ3) is 5.35. The standard InChI is InChI=1S/C25H23FN4O5S2/c1-14-2-9-23(36-14)37(34,35)29-25(33)28-18-6-8-21(20(26)12-18)30-22(31)11-16-10-17(27-13-15-3-4-15)5-7-19(16)24(30)32/h2,5-10,12,15,27H,3-4,11,13H2,1H3,(H2,28,29,33). The summed E-state index contributed by atoms with van der Waals surface area (Å²) in [4.78, 5) is 39.7. The summed E-state index contributed by atoms with van der Waals surface area (Å²) in [5.74, 6) is -1.49. The zero-order valence-corrected chi connectivity index (χ0v) is 21.3. The smallest absolute Gasteiger partial charge is 0.333 e. The van der Waals surface area contributed by atoms with Gasteiger partial charge in [0.2, 0.25) is 5.91 Å². The topological polar surface area (TPSA) is 125 Å². The highest BCUT2D eigenvalue weighted by atomic mass is 32.2. The zero-order chi connectivity index (χ0) is 26.3. The molecule has 0 spiro atoms. The molecule has 1 fully saturated rings. The summed E-state index contributed by atoms with van der Waals surface area (Å²) in [5.41, 5.74) is 1.40. The molecule has 4 amide bonds. The summed E-state index contributed by atoms with van der Waals surface area (Å²) < 4.78 is 41.5. The quantitative estimate of drug-likeness (QED) is 0.383. The molecule has 5 rings (SSSR count). The first kappa shape index (κ1) is 24.9. The van der Waals surface area contributed by atoms with Crippen molar-refractivity contribution in [3.05, 3.63) is 70.4 Å². The van der Waals surface area contributed by atoms with Crippen molar-refractivity contribution in [2.45, 2.75) is 30.4 Å². The maximum absolute atomic E-state index is 15.0. The van der Waals surface area contributed by atoms with Crippen LogP contribution in [-0.4, -0.2) is 32.8 Å². The minimum atomic E-state index is -4.08. The Morgan fingerprint density at radius 1 is 1.08 bits per heavy atom. The summed E-state index contributed by atoms with van der Waals surface area (Å²) in [6, 6.07) is 10.5. The predicted molar refractivity (Wildman–Crippen MR) is 138 cm³/mol. The number of rotatable bonds is 7. The number of amides is 4. The molecule has 1 aromatic heterocycles. The highest BCUT2D eigenvalue weighted by Gasteiger charge is 2.34. The van der Waals surface area contributed by atoms with Gasteiger partial charge in [-0.15, -0.1) is 11.3 Å². The molecule has 0 unspecified atom stereocenters. The fourth-order valence-corrected chi connectivity index (χ4v) is 6.20. The molecular formula is C25H23FN4O5S2. The van der Waals surface area contributed by atoms with Crippen LogP contribution in [0.25, 0.3) is 0 Å². The van der Waals surface area contributed by atoms with Crippen LogP contribution in [0, 0.1) is 18.7 Å². The number of carbonyl (C=O) groups excluding carboxylic acids is 3. The van der Waals surface area contributed by atoms with Crippen molar-refractivity contribution in [3.63, 3.8) is 0 Å². The van der Waals surface area contributed by atoms with Crippen LogP contribution in [0.4, 0.5) is 26.2 Å². The Morgan fingerprint density at radius 2 is 1.84 bits per heavy atom. The summed E-state index contributed by atoms with van der Waals surface area (Å²) in [5, 5.41) is 5.57. The molecule has 3 N–H and O–H groups in total. The maximum Gasteiger partial charge on any atom is 0.333 e. The summed E-state index contributed by atoms with van der Waals surface area (Å²) in [6.07, 6.45) is 2.33. The minimum absolute atomic E-state index is 0.0325. The number of nitrogens with one attached hydrogen (secondary N) is 3. The number of hydrogen-bond acceptors (Lipinski definition) is 7. The van der Waals surface area contributed by atoms with E-state index in [1.807, 2.05) is 4.72 Å². The van der Waals surface area contributed by atoms with Crippen molar-refractivity contribution in [1.29, 1.82) is 0 Å². The van der Waals surface area contributed by atoms with Crippen molar-refractivity contribution in [2.75, 3.05) is 22.1 Å². The van der Waals surface area contributed by atoms with Crippen LogP contribution >= 0.6 is 11.3 Å². The monoisotopic (exact) mass is 542 g/mol. The lowest BCUT2D eigenvalue weighted by Crippen LogP contribution is -2.43. The molecule has 0 saturated heterocycles. The SMILES string of the molecule is Cc1ccc(S(=O)(=O)NC(=O)Nc2ccc(N3C(=O)Cc4cc(NCC5CC5)ccc4C3=O)c(F)c2)s1. The number of urea groups is 1. The number of anilines is 3. The van der Waals surface area contributed by atoms with Crippen LogP contribution in [0.1, 0.15) is 33.6 Å². The molecule has 1 aliphatic carbocycles. The Labute approximate surface area is 216 Å². The summed E-state index contributed by atoms with van der Waals surface area (Å²) in [6.45, 7) is 2.57. The van der Waals surface area contributed by atoms with Crippen LogP contribution in [0.15, 0.2) is 52.7 Å². The van der Waals surface area contributed by atoms with Gasteiger partial charge in [0.25, 0.3) is 15.9 Å². The first-order valence-corrected chi connectivity index (χ1v) is 13.8. The lowest BCUT2D eigenvalue weighted by Gasteiger charge is -2.27. The third-order valence-electron chi connectivity index (χ3n) is 6.08. The van der Waals surface area contributed by atoms with Gasteiger partial charge in [-0.2, -0.15) is 0 Å². The fourth-order valence-electron chi connectivity index (χ4n) is 4.01. The summed E-state index contributed by atoms with van der Waals surface area (Å²) >= 11 is 1.00. The molecule has 2 aromatic carbocycles. The van der Waals surface area contributed by atoms with Crippen molar-refractivity contribution in [1.82, 2.24) is 4.72 Å². The molecule has 3 aromatic rings. The van der Waals surface area contributed by atoms with E-state index in [4.69, 9.17) is 0 Å². The Bertz CT molecular complexity index is 1530. The van der Waals surface area contributed by atoms with E-state index in [0.29, 0.717) is 17.0 Å². The van der Waals surface area contributed by atoms with E-state index in [2.05, 4.69) is 10.6 Å². The Kier molecular flexibility index (Phi) is 6.46. The van der Waals surface area contributed by atoms with Gasteiger partial charge in [-0.1, -0.05) is 0 Å². The molecule has 0 bridgehead atoms. The van der Waals surface area contributed by atoms with E-state index in [-0.39, 0.29) is 22.0 Å². The largest absolute Gasteiger partial charge is 0.385 e. The Hall–Kier alpha value is -3.77. The van der Waals surface area contributed by atoms with Crippen LogP contribution in [-0.2, 0) is 21.2 Å².